The lowest BCUT2D eigenvalue weighted by molar-refractivity contribution is 0.0237. The van der Waals surface area contributed by atoms with Crippen molar-refractivity contribution in [3.8, 4) is 0 Å². The number of aromatic amines is 1. The number of halogens is 1. The molecule has 1 amide bonds. The first-order valence-corrected chi connectivity index (χ1v) is 10.4. The Morgan fingerprint density at radius 2 is 2.11 bits per heavy atom. The first-order chi connectivity index (χ1) is 13.3. The number of allylic oxidation sites excluding steroid dienone is 2. The van der Waals surface area contributed by atoms with Gasteiger partial charge in [-0.15, -0.1) is 0 Å². The molecule has 1 aromatic heterocycles. The molecular formula is C22H22BrN3O2. The second kappa shape index (κ2) is 6.08. The van der Waals surface area contributed by atoms with Gasteiger partial charge in [0, 0.05) is 15.6 Å². The minimum absolute atomic E-state index is 0.104. The summed E-state index contributed by atoms with van der Waals surface area (Å²) >= 11 is 3.53. The monoisotopic (exact) mass is 439 g/mol. The van der Waals surface area contributed by atoms with Crippen LogP contribution in [0.25, 0.3) is 21.8 Å². The Hall–Kier alpha value is -2.34. The van der Waals surface area contributed by atoms with Crippen LogP contribution in [0.2, 0.25) is 0 Å². The summed E-state index contributed by atoms with van der Waals surface area (Å²) in [5.41, 5.74) is 2.46. The molecule has 0 saturated carbocycles. The third-order valence-corrected chi connectivity index (χ3v) is 5.97. The highest BCUT2D eigenvalue weighted by Gasteiger charge is 2.47. The Morgan fingerprint density at radius 3 is 2.89 bits per heavy atom. The zero-order valence-corrected chi connectivity index (χ0v) is 17.7. The van der Waals surface area contributed by atoms with Gasteiger partial charge in [-0.05, 0) is 63.1 Å². The van der Waals surface area contributed by atoms with E-state index in [2.05, 4.69) is 51.3 Å². The molecule has 2 aromatic carbocycles. The van der Waals surface area contributed by atoms with Crippen molar-refractivity contribution >= 4 is 43.8 Å². The van der Waals surface area contributed by atoms with E-state index in [9.17, 15) is 4.79 Å². The molecule has 0 spiro atoms. The fourth-order valence-corrected chi connectivity index (χ4v) is 4.75. The molecule has 1 aliphatic heterocycles. The van der Waals surface area contributed by atoms with E-state index >= 15 is 0 Å². The van der Waals surface area contributed by atoms with Gasteiger partial charge in [0.2, 0.25) is 0 Å². The van der Waals surface area contributed by atoms with Gasteiger partial charge >= 0.3 is 6.09 Å². The first-order valence-electron chi connectivity index (χ1n) is 9.59. The molecule has 1 aliphatic carbocycles. The van der Waals surface area contributed by atoms with Gasteiger partial charge in [-0.2, -0.15) is 0 Å². The summed E-state index contributed by atoms with van der Waals surface area (Å²) in [5, 5.41) is 2.24. The fourth-order valence-electron chi connectivity index (χ4n) is 4.37. The lowest BCUT2D eigenvalue weighted by Gasteiger charge is -2.31. The molecule has 0 unspecified atom stereocenters. The molecule has 1 N–H and O–H groups in total. The predicted molar refractivity (Wildman–Crippen MR) is 113 cm³/mol. The molecule has 2 atom stereocenters. The van der Waals surface area contributed by atoms with E-state index in [4.69, 9.17) is 9.72 Å². The van der Waals surface area contributed by atoms with Crippen LogP contribution in [-0.2, 0) is 4.74 Å². The van der Waals surface area contributed by atoms with Gasteiger partial charge in [0.15, 0.2) is 0 Å². The SMILES string of the molecule is CC(C)(C)OC(=O)N1C2=CC[C@@H](C2)[C@H]1c1nc2c(ccc3cc(Br)ccc32)[nH]1. The van der Waals surface area contributed by atoms with E-state index < -0.39 is 5.60 Å². The van der Waals surface area contributed by atoms with Crippen molar-refractivity contribution in [1.82, 2.24) is 14.9 Å². The number of ether oxygens (including phenoxy) is 1. The molecule has 5 nitrogen and oxygen atoms in total. The minimum Gasteiger partial charge on any atom is -0.443 e. The first kappa shape index (κ1) is 17.7. The van der Waals surface area contributed by atoms with Crippen LogP contribution in [0.5, 0.6) is 0 Å². The van der Waals surface area contributed by atoms with E-state index in [0.29, 0.717) is 5.92 Å². The third kappa shape index (κ3) is 2.82. The molecule has 0 radical (unpaired) electrons. The number of nitrogens with one attached hydrogen (secondary N) is 1. The number of carbonyl (C=O) groups is 1. The number of carbonyl (C=O) groups excluding carboxylic acids is 1. The molecular weight excluding hydrogens is 418 g/mol. The molecule has 2 heterocycles. The van der Waals surface area contributed by atoms with Crippen LogP contribution >= 0.6 is 15.9 Å². The molecule has 28 heavy (non-hydrogen) atoms. The molecule has 6 heteroatoms. The van der Waals surface area contributed by atoms with Crippen molar-refractivity contribution in [2.45, 2.75) is 45.3 Å². The molecule has 3 aromatic rings. The molecule has 5 rings (SSSR count). The van der Waals surface area contributed by atoms with Crippen molar-refractivity contribution in [2.75, 3.05) is 0 Å². The zero-order chi connectivity index (χ0) is 19.6. The number of nitrogens with zero attached hydrogens (tertiary/aromatic N) is 2. The quantitative estimate of drug-likeness (QED) is 0.500. The van der Waals surface area contributed by atoms with E-state index in [1.54, 1.807) is 4.90 Å². The summed E-state index contributed by atoms with van der Waals surface area (Å²) in [6.45, 7) is 5.69. The van der Waals surface area contributed by atoms with Crippen LogP contribution < -0.4 is 0 Å². The Morgan fingerprint density at radius 1 is 1.29 bits per heavy atom. The van der Waals surface area contributed by atoms with Crippen LogP contribution in [0.4, 0.5) is 4.79 Å². The topological polar surface area (TPSA) is 58.2 Å². The fraction of sp³-hybridized carbons (Fsp3) is 0.364. The summed E-state index contributed by atoms with van der Waals surface area (Å²) in [5.74, 6) is 1.19. The highest BCUT2D eigenvalue weighted by atomic mass is 79.9. The lowest BCUT2D eigenvalue weighted by atomic mass is 9.99. The third-order valence-electron chi connectivity index (χ3n) is 5.48. The van der Waals surface area contributed by atoms with Crippen molar-refractivity contribution in [2.24, 2.45) is 5.92 Å². The maximum absolute atomic E-state index is 12.9. The van der Waals surface area contributed by atoms with Crippen LogP contribution in [0.15, 0.2) is 46.6 Å². The number of fused-ring (bicyclic) bond motifs is 5. The summed E-state index contributed by atoms with van der Waals surface area (Å²) in [6, 6.07) is 10.3. The Labute approximate surface area is 171 Å². The van der Waals surface area contributed by atoms with E-state index in [0.717, 1.165) is 50.6 Å². The highest BCUT2D eigenvalue weighted by Crippen LogP contribution is 2.49. The molecule has 1 saturated heterocycles. The number of hydrogen-bond donors (Lipinski definition) is 1. The van der Waals surface area contributed by atoms with E-state index in [1.807, 2.05) is 26.8 Å². The number of likely N-dealkylation sites (tertiary alicyclic amines) is 1. The van der Waals surface area contributed by atoms with Crippen molar-refractivity contribution < 1.29 is 9.53 Å². The number of aromatic nitrogens is 2. The highest BCUT2D eigenvalue weighted by molar-refractivity contribution is 9.10. The number of imidazole rings is 1. The predicted octanol–water partition coefficient (Wildman–Crippen LogP) is 6.06. The number of benzene rings is 2. The normalized spacial score (nSPS) is 21.6. The summed E-state index contributed by atoms with van der Waals surface area (Å²) in [4.78, 5) is 23.1. The van der Waals surface area contributed by atoms with Gasteiger partial charge in [-0.25, -0.2) is 9.78 Å². The van der Waals surface area contributed by atoms with Crippen molar-refractivity contribution in [1.29, 1.82) is 0 Å². The minimum atomic E-state index is -0.526. The average molecular weight is 440 g/mol. The number of rotatable bonds is 1. The van der Waals surface area contributed by atoms with E-state index in [1.165, 1.54) is 0 Å². The summed E-state index contributed by atoms with van der Waals surface area (Å²) in [6.07, 6.45) is 3.74. The van der Waals surface area contributed by atoms with Gasteiger partial charge in [-0.3, -0.25) is 4.90 Å². The van der Waals surface area contributed by atoms with E-state index in [-0.39, 0.29) is 12.1 Å². The van der Waals surface area contributed by atoms with Gasteiger partial charge in [0.1, 0.15) is 17.5 Å². The van der Waals surface area contributed by atoms with Crippen LogP contribution in [-0.4, -0.2) is 26.6 Å². The van der Waals surface area contributed by atoms with Crippen LogP contribution in [0, 0.1) is 5.92 Å². The van der Waals surface area contributed by atoms with Gasteiger partial charge in [-0.1, -0.05) is 34.1 Å². The maximum atomic E-state index is 12.9. The molecule has 2 aliphatic rings. The zero-order valence-electron chi connectivity index (χ0n) is 16.1. The maximum Gasteiger partial charge on any atom is 0.415 e. The van der Waals surface area contributed by atoms with Gasteiger partial charge in [0.25, 0.3) is 0 Å². The Balaban J connectivity index is 1.59. The number of amides is 1. The lowest BCUT2D eigenvalue weighted by Crippen LogP contribution is -2.38. The number of H-pyrrole nitrogens is 1. The Bertz CT molecular complexity index is 1140. The number of hydrogen-bond acceptors (Lipinski definition) is 3. The second-order valence-corrected chi connectivity index (χ2v) is 9.56. The standard InChI is InChI=1S/C22H22BrN3O2/c1-22(2,3)28-21(27)26-15-7-4-13(11-15)19(26)20-24-17-9-5-12-10-14(23)6-8-16(12)18(17)25-20/h5-10,13,19H,4,11H2,1-3H3,(H,24,25)/t13-,19-/m0/s1. The average Bonchev–Trinajstić information content (AvgIpc) is 3.32. The van der Waals surface area contributed by atoms with Crippen LogP contribution in [0.3, 0.4) is 0 Å². The molecule has 1 fully saturated rings. The molecule has 144 valence electrons. The smallest absolute Gasteiger partial charge is 0.415 e. The molecule has 2 bridgehead atoms. The summed E-state index contributed by atoms with van der Waals surface area (Å²) < 4.78 is 6.73. The van der Waals surface area contributed by atoms with Crippen molar-refractivity contribution in [3.63, 3.8) is 0 Å². The van der Waals surface area contributed by atoms with Crippen molar-refractivity contribution in [3.05, 3.63) is 52.4 Å². The Kier molecular flexibility index (Phi) is 3.85. The largest absolute Gasteiger partial charge is 0.443 e. The van der Waals surface area contributed by atoms with Gasteiger partial charge in [0.05, 0.1) is 11.0 Å². The van der Waals surface area contributed by atoms with Crippen LogP contribution in [0.1, 0.15) is 45.5 Å². The second-order valence-electron chi connectivity index (χ2n) is 8.64. The van der Waals surface area contributed by atoms with Gasteiger partial charge < -0.3 is 9.72 Å². The summed E-state index contributed by atoms with van der Waals surface area (Å²) in [7, 11) is 0.